The zero-order chi connectivity index (χ0) is 23.8. The predicted octanol–water partition coefficient (Wildman–Crippen LogP) is 4.34. The van der Waals surface area contributed by atoms with Gasteiger partial charge in [-0.3, -0.25) is 14.5 Å². The summed E-state index contributed by atoms with van der Waals surface area (Å²) >= 11 is 0. The van der Waals surface area contributed by atoms with Gasteiger partial charge in [0.25, 0.3) is 10.0 Å². The van der Waals surface area contributed by atoms with Gasteiger partial charge in [0.1, 0.15) is 0 Å². The Balaban J connectivity index is 1.30. The van der Waals surface area contributed by atoms with Crippen molar-refractivity contribution in [1.29, 1.82) is 0 Å². The zero-order valence-corrected chi connectivity index (χ0v) is 19.0. The first-order valence-corrected chi connectivity index (χ1v) is 12.1. The van der Waals surface area contributed by atoms with Crippen molar-refractivity contribution in [2.45, 2.75) is 24.7 Å². The number of hydrogen-bond donors (Lipinski definition) is 2. The number of benzene rings is 2. The van der Waals surface area contributed by atoms with E-state index in [1.807, 2.05) is 6.92 Å². The number of carbonyl (C=O) groups excluding carboxylic acids is 1. The summed E-state index contributed by atoms with van der Waals surface area (Å²) in [5, 5.41) is 10.9. The third-order valence-corrected chi connectivity index (χ3v) is 7.08. The van der Waals surface area contributed by atoms with Gasteiger partial charge >= 0.3 is 0 Å². The highest BCUT2D eigenvalue weighted by Crippen LogP contribution is 2.45. The van der Waals surface area contributed by atoms with E-state index in [2.05, 4.69) is 25.2 Å². The number of carbonyl (C=O) groups is 1. The summed E-state index contributed by atoms with van der Waals surface area (Å²) in [6.07, 6.45) is 4.97. The number of nitrogens with zero attached hydrogens (tertiary/aromatic N) is 3. The van der Waals surface area contributed by atoms with Gasteiger partial charge < -0.3 is 9.73 Å². The van der Waals surface area contributed by atoms with Crippen molar-refractivity contribution in [3.8, 4) is 22.9 Å². The number of anilines is 2. The van der Waals surface area contributed by atoms with Crippen LogP contribution in [0.5, 0.6) is 0 Å². The van der Waals surface area contributed by atoms with Crippen LogP contribution in [0.15, 0.2) is 82.4 Å². The Morgan fingerprint density at radius 3 is 2.18 bits per heavy atom. The van der Waals surface area contributed by atoms with E-state index in [1.54, 1.807) is 60.9 Å². The topological polar surface area (TPSA) is 127 Å². The second-order valence-corrected chi connectivity index (χ2v) is 10.1. The van der Waals surface area contributed by atoms with E-state index in [9.17, 15) is 13.2 Å². The minimum atomic E-state index is -3.85. The molecule has 34 heavy (non-hydrogen) atoms. The summed E-state index contributed by atoms with van der Waals surface area (Å²) in [5.74, 6) is 0.561. The minimum Gasteiger partial charge on any atom is -0.416 e. The van der Waals surface area contributed by atoms with Crippen molar-refractivity contribution >= 4 is 27.3 Å². The van der Waals surface area contributed by atoms with Crippen molar-refractivity contribution in [2.75, 3.05) is 10.0 Å². The van der Waals surface area contributed by atoms with E-state index < -0.39 is 10.0 Å². The van der Waals surface area contributed by atoms with Gasteiger partial charge in [-0.05, 0) is 67.4 Å². The van der Waals surface area contributed by atoms with Crippen LogP contribution in [-0.2, 0) is 14.8 Å². The number of pyridine rings is 1. The van der Waals surface area contributed by atoms with Crippen LogP contribution in [0.3, 0.4) is 0 Å². The van der Waals surface area contributed by atoms with Crippen LogP contribution in [0.4, 0.5) is 11.4 Å². The van der Waals surface area contributed by atoms with E-state index in [-0.39, 0.29) is 22.1 Å². The second kappa shape index (κ2) is 8.38. The first-order chi connectivity index (χ1) is 16.3. The number of amides is 1. The van der Waals surface area contributed by atoms with Gasteiger partial charge in [0.15, 0.2) is 0 Å². The number of aromatic nitrogens is 3. The standard InChI is InChI=1S/C24H21N5O4S/c1-24(11-12-24)23(30)26-18-3-2-4-19(15-18)29-34(31,32)20-7-5-16(6-8-20)21-27-28-22(33-21)17-9-13-25-14-10-17/h2-10,13-15,29H,11-12H2,1H3,(H,26,30). The monoisotopic (exact) mass is 475 g/mol. The smallest absolute Gasteiger partial charge is 0.261 e. The summed E-state index contributed by atoms with van der Waals surface area (Å²) < 4.78 is 34.0. The normalized spacial score (nSPS) is 14.4. The Morgan fingerprint density at radius 2 is 1.53 bits per heavy atom. The number of sulfonamides is 1. The summed E-state index contributed by atoms with van der Waals surface area (Å²) in [6, 6.07) is 16.3. The van der Waals surface area contributed by atoms with Crippen LogP contribution >= 0.6 is 0 Å². The first-order valence-electron chi connectivity index (χ1n) is 10.6. The molecule has 9 nitrogen and oxygen atoms in total. The number of nitrogens with one attached hydrogen (secondary N) is 2. The molecule has 172 valence electrons. The lowest BCUT2D eigenvalue weighted by atomic mass is 10.1. The van der Waals surface area contributed by atoms with E-state index in [0.29, 0.717) is 22.8 Å². The fourth-order valence-electron chi connectivity index (χ4n) is 3.30. The molecule has 2 N–H and O–H groups in total. The van der Waals surface area contributed by atoms with Crippen molar-refractivity contribution in [2.24, 2.45) is 5.41 Å². The van der Waals surface area contributed by atoms with Crippen molar-refractivity contribution in [3.63, 3.8) is 0 Å². The molecule has 0 radical (unpaired) electrons. The third kappa shape index (κ3) is 4.53. The quantitative estimate of drug-likeness (QED) is 0.407. The van der Waals surface area contributed by atoms with Gasteiger partial charge in [0.2, 0.25) is 17.7 Å². The molecule has 5 rings (SSSR count). The molecule has 2 aromatic heterocycles. The zero-order valence-electron chi connectivity index (χ0n) is 18.2. The predicted molar refractivity (Wildman–Crippen MR) is 126 cm³/mol. The van der Waals surface area contributed by atoms with Gasteiger partial charge in [0.05, 0.1) is 10.6 Å². The third-order valence-electron chi connectivity index (χ3n) is 5.68. The van der Waals surface area contributed by atoms with Gasteiger partial charge in [-0.2, -0.15) is 0 Å². The fraction of sp³-hybridized carbons (Fsp3) is 0.167. The maximum atomic E-state index is 12.9. The maximum absolute atomic E-state index is 12.9. The molecule has 0 spiro atoms. The van der Waals surface area contributed by atoms with Crippen LogP contribution in [0.2, 0.25) is 0 Å². The Kier molecular flexibility index (Phi) is 5.37. The molecule has 0 aliphatic heterocycles. The molecule has 1 amide bonds. The van der Waals surface area contributed by atoms with E-state index in [4.69, 9.17) is 4.42 Å². The fourth-order valence-corrected chi connectivity index (χ4v) is 4.35. The molecule has 4 aromatic rings. The molecule has 1 fully saturated rings. The van der Waals surface area contributed by atoms with Gasteiger partial charge in [-0.15, -0.1) is 10.2 Å². The second-order valence-electron chi connectivity index (χ2n) is 8.37. The molecule has 0 bridgehead atoms. The summed E-state index contributed by atoms with van der Waals surface area (Å²) in [5.41, 5.74) is 1.89. The number of rotatable bonds is 7. The highest BCUT2D eigenvalue weighted by atomic mass is 32.2. The maximum Gasteiger partial charge on any atom is 0.261 e. The van der Waals surface area contributed by atoms with E-state index >= 15 is 0 Å². The first kappa shape index (κ1) is 21.8. The Morgan fingerprint density at radius 1 is 0.912 bits per heavy atom. The van der Waals surface area contributed by atoms with Crippen molar-refractivity contribution in [1.82, 2.24) is 15.2 Å². The molecular weight excluding hydrogens is 454 g/mol. The van der Waals surface area contributed by atoms with Crippen LogP contribution in [0.25, 0.3) is 22.9 Å². The average molecular weight is 476 g/mol. The van der Waals surface area contributed by atoms with E-state index in [1.165, 1.54) is 12.1 Å². The number of hydrogen-bond acceptors (Lipinski definition) is 7. The van der Waals surface area contributed by atoms with Crippen LogP contribution < -0.4 is 10.0 Å². The Bertz CT molecular complexity index is 1450. The van der Waals surface area contributed by atoms with Crippen LogP contribution in [-0.4, -0.2) is 29.5 Å². The highest BCUT2D eigenvalue weighted by Gasteiger charge is 2.44. The van der Waals surface area contributed by atoms with E-state index in [0.717, 1.165) is 18.4 Å². The lowest BCUT2D eigenvalue weighted by molar-refractivity contribution is -0.120. The van der Waals surface area contributed by atoms with Gasteiger partial charge in [-0.1, -0.05) is 13.0 Å². The van der Waals surface area contributed by atoms with Gasteiger partial charge in [0, 0.05) is 34.6 Å². The highest BCUT2D eigenvalue weighted by molar-refractivity contribution is 7.92. The molecule has 0 saturated heterocycles. The molecular formula is C24H21N5O4S. The minimum absolute atomic E-state index is 0.0591. The summed E-state index contributed by atoms with van der Waals surface area (Å²) in [7, 11) is -3.85. The molecule has 10 heteroatoms. The van der Waals surface area contributed by atoms with Crippen LogP contribution in [0.1, 0.15) is 19.8 Å². The Labute approximate surface area is 196 Å². The lowest BCUT2D eigenvalue weighted by Crippen LogP contribution is -2.21. The molecule has 0 unspecified atom stereocenters. The van der Waals surface area contributed by atoms with Gasteiger partial charge in [-0.25, -0.2) is 8.42 Å². The van der Waals surface area contributed by atoms with Crippen molar-refractivity contribution < 1.29 is 17.6 Å². The molecule has 2 aromatic carbocycles. The molecule has 2 heterocycles. The SMILES string of the molecule is CC1(C(=O)Nc2cccc(NS(=O)(=O)c3ccc(-c4nnc(-c5ccncc5)o4)cc3)c2)CC1. The van der Waals surface area contributed by atoms with Crippen molar-refractivity contribution in [3.05, 3.63) is 73.1 Å². The molecule has 1 aliphatic carbocycles. The molecule has 1 aliphatic rings. The molecule has 0 atom stereocenters. The lowest BCUT2D eigenvalue weighted by Gasteiger charge is -2.12. The Hall–Kier alpha value is -4.05. The summed E-state index contributed by atoms with van der Waals surface area (Å²) in [4.78, 5) is 16.3. The van der Waals surface area contributed by atoms with Crippen LogP contribution in [0, 0.1) is 5.41 Å². The average Bonchev–Trinajstić information content (AvgIpc) is 3.40. The largest absolute Gasteiger partial charge is 0.416 e. The summed E-state index contributed by atoms with van der Waals surface area (Å²) in [6.45, 7) is 1.91. The molecule has 1 saturated carbocycles.